The van der Waals surface area contributed by atoms with Crippen LogP contribution < -0.4 is 5.32 Å². The van der Waals surface area contributed by atoms with Crippen molar-refractivity contribution in [1.29, 1.82) is 0 Å². The zero-order valence-corrected chi connectivity index (χ0v) is 9.44. The molecule has 0 aliphatic rings. The quantitative estimate of drug-likeness (QED) is 0.792. The minimum absolute atomic E-state index is 0.162. The number of carboxylic acids is 1. The van der Waals surface area contributed by atoms with Crippen LogP contribution in [0.15, 0.2) is 12.4 Å². The van der Waals surface area contributed by atoms with E-state index in [0.717, 1.165) is 0 Å². The van der Waals surface area contributed by atoms with Crippen molar-refractivity contribution in [1.82, 2.24) is 15.1 Å². The highest BCUT2D eigenvalue weighted by atomic mass is 35.5. The molecule has 1 aromatic heterocycles. The van der Waals surface area contributed by atoms with E-state index in [4.69, 9.17) is 16.7 Å². The Hall–Kier alpha value is -1.56. The smallest absolute Gasteiger partial charge is 0.325 e. The first-order chi connectivity index (χ1) is 7.49. The monoisotopic (exact) mass is 245 g/mol. The minimum atomic E-state index is -1.06. The molecule has 0 aliphatic carbocycles. The van der Waals surface area contributed by atoms with Gasteiger partial charge in [-0.1, -0.05) is 11.6 Å². The lowest BCUT2D eigenvalue weighted by atomic mass is 10.3. The zero-order valence-electron chi connectivity index (χ0n) is 8.68. The molecule has 7 heteroatoms. The Balaban J connectivity index is 2.33. The molecule has 1 amide bonds. The Labute approximate surface area is 97.2 Å². The lowest BCUT2D eigenvalue weighted by molar-refractivity contribution is -0.141. The first kappa shape index (κ1) is 12.5. The van der Waals surface area contributed by atoms with Crippen molar-refractivity contribution in [2.75, 3.05) is 0 Å². The summed E-state index contributed by atoms with van der Waals surface area (Å²) < 4.78 is 1.52. The number of rotatable bonds is 5. The van der Waals surface area contributed by atoms with Gasteiger partial charge in [-0.05, 0) is 6.92 Å². The number of carboxylic acid groups (broad SMARTS) is 1. The predicted molar refractivity (Wildman–Crippen MR) is 57.1 cm³/mol. The number of hydrogen-bond acceptors (Lipinski definition) is 3. The van der Waals surface area contributed by atoms with Crippen LogP contribution in [0.2, 0.25) is 5.02 Å². The van der Waals surface area contributed by atoms with Crippen LogP contribution in [0.3, 0.4) is 0 Å². The van der Waals surface area contributed by atoms with Crippen molar-refractivity contribution in [2.24, 2.45) is 0 Å². The van der Waals surface area contributed by atoms with E-state index in [1.807, 2.05) is 0 Å². The molecule has 0 aromatic carbocycles. The molecule has 0 fully saturated rings. The summed E-state index contributed by atoms with van der Waals surface area (Å²) in [6.07, 6.45) is 3.23. The van der Waals surface area contributed by atoms with Gasteiger partial charge in [0.05, 0.1) is 11.2 Å². The number of amides is 1. The van der Waals surface area contributed by atoms with Gasteiger partial charge in [0, 0.05) is 19.2 Å². The maximum atomic E-state index is 11.3. The van der Waals surface area contributed by atoms with E-state index >= 15 is 0 Å². The largest absolute Gasteiger partial charge is 0.480 e. The van der Waals surface area contributed by atoms with Crippen molar-refractivity contribution < 1.29 is 14.7 Å². The van der Waals surface area contributed by atoms with Gasteiger partial charge in [0.25, 0.3) is 0 Å². The highest BCUT2D eigenvalue weighted by Gasteiger charge is 2.13. The standard InChI is InChI=1S/C9H12ClN3O3/c1-6(9(15)16)12-8(14)2-3-13-5-7(10)4-11-13/h4-6H,2-3H2,1H3,(H,12,14)(H,15,16). The summed E-state index contributed by atoms with van der Waals surface area (Å²) in [5.41, 5.74) is 0. The number of hydrogen-bond donors (Lipinski definition) is 2. The number of aryl methyl sites for hydroxylation is 1. The molecule has 1 aromatic rings. The van der Waals surface area contributed by atoms with Crippen molar-refractivity contribution in [3.63, 3.8) is 0 Å². The van der Waals surface area contributed by atoms with E-state index in [9.17, 15) is 9.59 Å². The van der Waals surface area contributed by atoms with E-state index in [1.165, 1.54) is 17.8 Å². The second-order valence-electron chi connectivity index (χ2n) is 3.30. The fourth-order valence-electron chi connectivity index (χ4n) is 1.05. The fourth-order valence-corrected chi connectivity index (χ4v) is 1.21. The number of aromatic nitrogens is 2. The van der Waals surface area contributed by atoms with Gasteiger partial charge in [-0.25, -0.2) is 0 Å². The van der Waals surface area contributed by atoms with Crippen molar-refractivity contribution in [3.8, 4) is 0 Å². The molecule has 0 radical (unpaired) electrons. The van der Waals surface area contributed by atoms with Gasteiger partial charge in [-0.15, -0.1) is 0 Å². The maximum absolute atomic E-state index is 11.3. The minimum Gasteiger partial charge on any atom is -0.480 e. The molecule has 2 N–H and O–H groups in total. The Kier molecular flexibility index (Phi) is 4.30. The molecular weight excluding hydrogens is 234 g/mol. The second-order valence-corrected chi connectivity index (χ2v) is 3.74. The highest BCUT2D eigenvalue weighted by Crippen LogP contribution is 2.04. The van der Waals surface area contributed by atoms with Gasteiger partial charge in [-0.2, -0.15) is 5.10 Å². The number of carbonyl (C=O) groups is 2. The third-order valence-corrected chi connectivity index (χ3v) is 2.11. The van der Waals surface area contributed by atoms with E-state index in [2.05, 4.69) is 10.4 Å². The summed E-state index contributed by atoms with van der Waals surface area (Å²) in [6.45, 7) is 1.77. The molecule has 0 saturated heterocycles. The number of aliphatic carboxylic acids is 1. The first-order valence-corrected chi connectivity index (χ1v) is 5.07. The van der Waals surface area contributed by atoms with Crippen molar-refractivity contribution in [3.05, 3.63) is 17.4 Å². The molecule has 1 rings (SSSR count). The average molecular weight is 246 g/mol. The number of halogens is 1. The van der Waals surface area contributed by atoms with Crippen molar-refractivity contribution in [2.45, 2.75) is 25.9 Å². The fraction of sp³-hybridized carbons (Fsp3) is 0.444. The topological polar surface area (TPSA) is 84.2 Å². The molecule has 88 valence electrons. The highest BCUT2D eigenvalue weighted by molar-refractivity contribution is 6.30. The van der Waals surface area contributed by atoms with Crippen LogP contribution in [0.25, 0.3) is 0 Å². The summed E-state index contributed by atoms with van der Waals surface area (Å²) in [6, 6.07) is -0.881. The van der Waals surface area contributed by atoms with Crippen LogP contribution in [0.1, 0.15) is 13.3 Å². The molecule has 0 aliphatic heterocycles. The second kappa shape index (κ2) is 5.50. The summed E-state index contributed by atoms with van der Waals surface area (Å²) in [5, 5.41) is 15.3. The zero-order chi connectivity index (χ0) is 12.1. The predicted octanol–water partition coefficient (Wildman–Crippen LogP) is 0.516. The number of nitrogens with one attached hydrogen (secondary N) is 1. The normalized spacial score (nSPS) is 12.1. The van der Waals surface area contributed by atoms with E-state index in [-0.39, 0.29) is 12.3 Å². The van der Waals surface area contributed by atoms with Gasteiger partial charge in [0.2, 0.25) is 5.91 Å². The van der Waals surface area contributed by atoms with Gasteiger partial charge in [-0.3, -0.25) is 14.3 Å². The van der Waals surface area contributed by atoms with Gasteiger partial charge < -0.3 is 10.4 Å². The summed E-state index contributed by atoms with van der Waals surface area (Å²) in [7, 11) is 0. The summed E-state index contributed by atoms with van der Waals surface area (Å²) >= 11 is 5.64. The van der Waals surface area contributed by atoms with Crippen molar-refractivity contribution >= 4 is 23.5 Å². The molecule has 16 heavy (non-hydrogen) atoms. The van der Waals surface area contributed by atoms with Crippen LogP contribution >= 0.6 is 11.6 Å². The average Bonchev–Trinajstić information content (AvgIpc) is 2.61. The molecule has 1 heterocycles. The van der Waals surface area contributed by atoms with Crippen LogP contribution in [-0.2, 0) is 16.1 Å². The van der Waals surface area contributed by atoms with Crippen LogP contribution in [-0.4, -0.2) is 32.8 Å². The molecule has 0 saturated carbocycles. The maximum Gasteiger partial charge on any atom is 0.325 e. The molecule has 0 spiro atoms. The molecule has 1 unspecified atom stereocenters. The Morgan fingerprint density at radius 2 is 2.38 bits per heavy atom. The first-order valence-electron chi connectivity index (χ1n) is 4.69. The number of nitrogens with zero attached hydrogens (tertiary/aromatic N) is 2. The lowest BCUT2D eigenvalue weighted by Crippen LogP contribution is -2.38. The summed E-state index contributed by atoms with van der Waals surface area (Å²) in [5.74, 6) is -1.39. The van der Waals surface area contributed by atoms with Gasteiger partial charge in [0.15, 0.2) is 0 Å². The Morgan fingerprint density at radius 3 is 2.88 bits per heavy atom. The van der Waals surface area contributed by atoms with Crippen LogP contribution in [0.5, 0.6) is 0 Å². The number of carbonyl (C=O) groups excluding carboxylic acids is 1. The Morgan fingerprint density at radius 1 is 1.69 bits per heavy atom. The molecular formula is C9H12ClN3O3. The summed E-state index contributed by atoms with van der Waals surface area (Å²) in [4.78, 5) is 21.8. The van der Waals surface area contributed by atoms with E-state index < -0.39 is 12.0 Å². The molecule has 0 bridgehead atoms. The van der Waals surface area contributed by atoms with Gasteiger partial charge >= 0.3 is 5.97 Å². The third kappa shape index (κ3) is 3.90. The molecule has 6 nitrogen and oxygen atoms in total. The molecule has 1 atom stereocenters. The Bertz CT molecular complexity index is 391. The van der Waals surface area contributed by atoms with E-state index in [0.29, 0.717) is 11.6 Å². The SMILES string of the molecule is CC(NC(=O)CCn1cc(Cl)cn1)C(=O)O. The third-order valence-electron chi connectivity index (χ3n) is 1.92. The van der Waals surface area contributed by atoms with Gasteiger partial charge in [0.1, 0.15) is 6.04 Å². The van der Waals surface area contributed by atoms with Crippen LogP contribution in [0, 0.1) is 0 Å². The lowest BCUT2D eigenvalue weighted by Gasteiger charge is -2.08. The van der Waals surface area contributed by atoms with E-state index in [1.54, 1.807) is 6.20 Å². The van der Waals surface area contributed by atoms with Crippen LogP contribution in [0.4, 0.5) is 0 Å².